The summed E-state index contributed by atoms with van der Waals surface area (Å²) in [5, 5.41) is 5.40. The number of para-hydroxylation sites is 1. The van der Waals surface area contributed by atoms with Gasteiger partial charge in [0.1, 0.15) is 0 Å². The Morgan fingerprint density at radius 1 is 1.33 bits per heavy atom. The molecule has 0 fully saturated rings. The van der Waals surface area contributed by atoms with Crippen LogP contribution in [0.4, 0.5) is 10.5 Å². The molecule has 0 radical (unpaired) electrons. The molecule has 24 heavy (non-hydrogen) atoms. The van der Waals surface area contributed by atoms with Gasteiger partial charge in [0.25, 0.3) is 0 Å². The average Bonchev–Trinajstić information content (AvgIpc) is 2.53. The summed E-state index contributed by atoms with van der Waals surface area (Å²) in [7, 11) is 0. The van der Waals surface area contributed by atoms with E-state index in [1.165, 1.54) is 0 Å². The van der Waals surface area contributed by atoms with Crippen LogP contribution >= 0.6 is 0 Å². The number of urea groups is 1. The third-order valence-electron chi connectivity index (χ3n) is 3.95. The van der Waals surface area contributed by atoms with Gasteiger partial charge < -0.3 is 20.3 Å². The van der Waals surface area contributed by atoms with E-state index in [2.05, 4.69) is 29.4 Å². The molecule has 130 valence electrons. The number of anilines is 1. The standard InChI is InChI=1S/C18H25N3O3/c1-5-24-17(22)14-10-19-18(23)20-15(14)11-21(12(2)3)16-9-7-6-8-13(16)4/h6-9,12H,5,10-11H2,1-4H3,(H2,19,20,23). The van der Waals surface area contributed by atoms with Crippen molar-refractivity contribution in [1.29, 1.82) is 0 Å². The van der Waals surface area contributed by atoms with Gasteiger partial charge >= 0.3 is 12.0 Å². The first-order valence-electron chi connectivity index (χ1n) is 8.20. The Kier molecular flexibility index (Phi) is 5.84. The lowest BCUT2D eigenvalue weighted by molar-refractivity contribution is -0.138. The van der Waals surface area contributed by atoms with Gasteiger partial charge in [-0.1, -0.05) is 18.2 Å². The number of nitrogens with zero attached hydrogens (tertiary/aromatic N) is 1. The second kappa shape index (κ2) is 7.86. The number of hydrogen-bond donors (Lipinski definition) is 2. The zero-order valence-electron chi connectivity index (χ0n) is 14.7. The fraction of sp³-hybridized carbons (Fsp3) is 0.444. The fourth-order valence-electron chi connectivity index (χ4n) is 2.68. The van der Waals surface area contributed by atoms with Gasteiger partial charge in [0.05, 0.1) is 31.0 Å². The van der Waals surface area contributed by atoms with Gasteiger partial charge in [-0.15, -0.1) is 0 Å². The molecule has 6 heteroatoms. The summed E-state index contributed by atoms with van der Waals surface area (Å²) in [6.45, 7) is 8.89. The molecule has 0 aromatic heterocycles. The Labute approximate surface area is 142 Å². The van der Waals surface area contributed by atoms with Crippen LogP contribution in [0.5, 0.6) is 0 Å². The van der Waals surface area contributed by atoms with E-state index in [9.17, 15) is 9.59 Å². The molecule has 2 N–H and O–H groups in total. The van der Waals surface area contributed by atoms with E-state index < -0.39 is 5.97 Å². The number of rotatable bonds is 6. The predicted molar refractivity (Wildman–Crippen MR) is 93.9 cm³/mol. The van der Waals surface area contributed by atoms with Gasteiger partial charge in [0.15, 0.2) is 0 Å². The first-order valence-corrected chi connectivity index (χ1v) is 8.20. The zero-order chi connectivity index (χ0) is 17.7. The number of carbonyl (C=O) groups is 2. The van der Waals surface area contributed by atoms with E-state index >= 15 is 0 Å². The number of hydrogen-bond acceptors (Lipinski definition) is 4. The highest BCUT2D eigenvalue weighted by atomic mass is 16.5. The van der Waals surface area contributed by atoms with Crippen LogP contribution in [-0.2, 0) is 9.53 Å². The van der Waals surface area contributed by atoms with Gasteiger partial charge in [-0.25, -0.2) is 9.59 Å². The lowest BCUT2D eigenvalue weighted by atomic mass is 10.1. The minimum absolute atomic E-state index is 0.180. The van der Waals surface area contributed by atoms with Crippen LogP contribution in [0.2, 0.25) is 0 Å². The summed E-state index contributed by atoms with van der Waals surface area (Å²) in [6.07, 6.45) is 0. The zero-order valence-corrected chi connectivity index (χ0v) is 14.7. The summed E-state index contributed by atoms with van der Waals surface area (Å²) in [5.74, 6) is -0.395. The molecule has 0 saturated heterocycles. The lowest BCUT2D eigenvalue weighted by Gasteiger charge is -2.33. The molecule has 1 aromatic rings. The van der Waals surface area contributed by atoms with Gasteiger partial charge in [0, 0.05) is 11.7 Å². The van der Waals surface area contributed by atoms with Crippen molar-refractivity contribution in [3.63, 3.8) is 0 Å². The molecule has 1 aliphatic rings. The minimum Gasteiger partial charge on any atom is -0.463 e. The lowest BCUT2D eigenvalue weighted by Crippen LogP contribution is -2.48. The van der Waals surface area contributed by atoms with Crippen LogP contribution in [0, 0.1) is 6.92 Å². The summed E-state index contributed by atoms with van der Waals surface area (Å²) in [6, 6.07) is 7.97. The molecule has 2 rings (SSSR count). The molecule has 0 saturated carbocycles. The largest absolute Gasteiger partial charge is 0.463 e. The summed E-state index contributed by atoms with van der Waals surface area (Å²) in [4.78, 5) is 26.1. The van der Waals surface area contributed by atoms with Crippen molar-refractivity contribution in [2.24, 2.45) is 0 Å². The van der Waals surface area contributed by atoms with E-state index in [1.54, 1.807) is 6.92 Å². The van der Waals surface area contributed by atoms with E-state index in [4.69, 9.17) is 4.74 Å². The van der Waals surface area contributed by atoms with E-state index in [1.807, 2.05) is 31.2 Å². The SMILES string of the molecule is CCOC(=O)C1=C(CN(c2ccccc2C)C(C)C)NC(=O)NC1. The van der Waals surface area contributed by atoms with E-state index in [0.29, 0.717) is 24.4 Å². The van der Waals surface area contributed by atoms with Crippen molar-refractivity contribution in [3.05, 3.63) is 41.1 Å². The average molecular weight is 331 g/mol. The molecule has 0 bridgehead atoms. The maximum Gasteiger partial charge on any atom is 0.337 e. The highest BCUT2D eigenvalue weighted by molar-refractivity contribution is 5.93. The first-order chi connectivity index (χ1) is 11.4. The topological polar surface area (TPSA) is 70.7 Å². The minimum atomic E-state index is -0.395. The number of carbonyl (C=O) groups excluding carboxylic acids is 2. The number of ether oxygens (including phenoxy) is 1. The summed E-state index contributed by atoms with van der Waals surface area (Å²) in [5.41, 5.74) is 3.28. The van der Waals surface area contributed by atoms with Crippen molar-refractivity contribution >= 4 is 17.7 Å². The molecular formula is C18H25N3O3. The van der Waals surface area contributed by atoms with Crippen LogP contribution in [0.15, 0.2) is 35.5 Å². The summed E-state index contributed by atoms with van der Waals surface area (Å²) >= 11 is 0. The third kappa shape index (κ3) is 4.07. The molecule has 0 atom stereocenters. The van der Waals surface area contributed by atoms with Crippen molar-refractivity contribution in [1.82, 2.24) is 10.6 Å². The molecule has 0 spiro atoms. The Hall–Kier alpha value is -2.50. The van der Waals surface area contributed by atoms with Crippen LogP contribution in [-0.4, -0.2) is 37.7 Å². The first kappa shape index (κ1) is 17.8. The molecule has 1 aromatic carbocycles. The van der Waals surface area contributed by atoms with Gasteiger partial charge in [-0.05, 0) is 39.3 Å². The van der Waals surface area contributed by atoms with Gasteiger partial charge in [-0.2, -0.15) is 0 Å². The van der Waals surface area contributed by atoms with Crippen molar-refractivity contribution in [2.45, 2.75) is 33.7 Å². The quantitative estimate of drug-likeness (QED) is 0.785. The maximum atomic E-state index is 12.2. The number of aryl methyl sites for hydroxylation is 1. The van der Waals surface area contributed by atoms with E-state index in [-0.39, 0.29) is 18.6 Å². The third-order valence-corrected chi connectivity index (χ3v) is 3.95. The molecule has 1 aliphatic heterocycles. The van der Waals surface area contributed by atoms with Crippen molar-refractivity contribution in [2.75, 3.05) is 24.6 Å². The Bertz CT molecular complexity index is 653. The molecule has 2 amide bonds. The number of esters is 1. The Balaban J connectivity index is 2.36. The highest BCUT2D eigenvalue weighted by Gasteiger charge is 2.26. The number of amides is 2. The molecule has 0 aliphatic carbocycles. The molecule has 6 nitrogen and oxygen atoms in total. The van der Waals surface area contributed by atoms with Gasteiger partial charge in [0.2, 0.25) is 0 Å². The number of nitrogens with one attached hydrogen (secondary N) is 2. The fourth-order valence-corrected chi connectivity index (χ4v) is 2.68. The van der Waals surface area contributed by atoms with E-state index in [0.717, 1.165) is 11.3 Å². The smallest absolute Gasteiger partial charge is 0.337 e. The van der Waals surface area contributed by atoms with Crippen LogP contribution in [0.3, 0.4) is 0 Å². The Morgan fingerprint density at radius 3 is 2.67 bits per heavy atom. The maximum absolute atomic E-state index is 12.2. The van der Waals surface area contributed by atoms with Crippen LogP contribution < -0.4 is 15.5 Å². The predicted octanol–water partition coefficient (Wildman–Crippen LogP) is 2.34. The normalized spacial score (nSPS) is 14.3. The van der Waals surface area contributed by atoms with Crippen molar-refractivity contribution < 1.29 is 14.3 Å². The van der Waals surface area contributed by atoms with Gasteiger partial charge in [-0.3, -0.25) is 0 Å². The molecule has 0 unspecified atom stereocenters. The summed E-state index contributed by atoms with van der Waals surface area (Å²) < 4.78 is 5.11. The monoisotopic (exact) mass is 331 g/mol. The van der Waals surface area contributed by atoms with Crippen LogP contribution in [0.1, 0.15) is 26.3 Å². The molecule has 1 heterocycles. The number of benzene rings is 1. The highest BCUT2D eigenvalue weighted by Crippen LogP contribution is 2.23. The Morgan fingerprint density at radius 2 is 2.04 bits per heavy atom. The second-order valence-corrected chi connectivity index (χ2v) is 5.99. The van der Waals surface area contributed by atoms with Crippen molar-refractivity contribution in [3.8, 4) is 0 Å². The van der Waals surface area contributed by atoms with Crippen LogP contribution in [0.25, 0.3) is 0 Å². The second-order valence-electron chi connectivity index (χ2n) is 5.99. The molecular weight excluding hydrogens is 306 g/mol.